The fraction of sp³-hybridized carbons (Fsp3) is 0.778. The molecule has 3 rings (SSSR count). The van der Waals surface area contributed by atoms with Crippen molar-refractivity contribution in [2.75, 3.05) is 40.5 Å². The topological polar surface area (TPSA) is 68.6 Å². The van der Waals surface area contributed by atoms with Crippen LogP contribution in [0.15, 0.2) is 12.3 Å². The van der Waals surface area contributed by atoms with E-state index in [4.69, 9.17) is 9.47 Å². The average molecular weight is 350 g/mol. The molecule has 7 heteroatoms. The number of carbonyl (C=O) groups is 1. The second-order valence-electron chi connectivity index (χ2n) is 7.34. The lowest BCUT2D eigenvalue weighted by Crippen LogP contribution is -2.51. The number of hydrogen-bond acceptors (Lipinski definition) is 5. The molecule has 1 aliphatic heterocycles. The first-order valence-electron chi connectivity index (χ1n) is 9.14. The molecule has 25 heavy (non-hydrogen) atoms. The van der Waals surface area contributed by atoms with Crippen LogP contribution in [0.1, 0.15) is 37.4 Å². The summed E-state index contributed by atoms with van der Waals surface area (Å²) in [4.78, 5) is 15.1. The number of carbonyl (C=O) groups excluding carboxylic acids is 1. The Morgan fingerprint density at radius 3 is 2.84 bits per heavy atom. The Labute approximate surface area is 149 Å². The number of hydrogen-bond donors (Lipinski definition) is 1. The zero-order valence-corrected chi connectivity index (χ0v) is 15.5. The summed E-state index contributed by atoms with van der Waals surface area (Å²) < 4.78 is 13.2. The van der Waals surface area contributed by atoms with Gasteiger partial charge in [-0.2, -0.15) is 5.10 Å². The lowest BCUT2D eigenvalue weighted by atomic mass is 9.86. The van der Waals surface area contributed by atoms with E-state index in [1.54, 1.807) is 13.3 Å². The van der Waals surface area contributed by atoms with Crippen molar-refractivity contribution in [3.63, 3.8) is 0 Å². The molecule has 1 aromatic rings. The standard InChI is InChI=1S/C18H30N4O3/c1-21-10-11-25-15(16(21)14-6-9-20-22(14)2)12-19-17(23)18(13-24-3)7-4-5-8-18/h6,9,15-16H,4-5,7-8,10-13H2,1-3H3,(H,19,23)/t15-,16-/m0/s1. The molecular weight excluding hydrogens is 320 g/mol. The highest BCUT2D eigenvalue weighted by atomic mass is 16.5. The third-order valence-electron chi connectivity index (χ3n) is 5.69. The first kappa shape index (κ1) is 18.4. The van der Waals surface area contributed by atoms with E-state index in [2.05, 4.69) is 22.4 Å². The summed E-state index contributed by atoms with van der Waals surface area (Å²) in [6.45, 7) is 2.54. The van der Waals surface area contributed by atoms with Crippen LogP contribution in [0.4, 0.5) is 0 Å². The van der Waals surface area contributed by atoms with Gasteiger partial charge in [0.1, 0.15) is 0 Å². The Bertz CT molecular complexity index is 583. The number of ether oxygens (including phenoxy) is 2. The summed E-state index contributed by atoms with van der Waals surface area (Å²) in [5, 5.41) is 7.44. The van der Waals surface area contributed by atoms with Crippen LogP contribution in [-0.2, 0) is 21.3 Å². The van der Waals surface area contributed by atoms with Crippen LogP contribution in [0, 0.1) is 5.41 Å². The fourth-order valence-corrected chi connectivity index (χ4v) is 4.27. The SMILES string of the molecule is COCC1(C(=O)NC[C@@H]2OCCN(C)[C@H]2c2ccnn2C)CCCC1. The predicted octanol–water partition coefficient (Wildman–Crippen LogP) is 1.11. The van der Waals surface area contributed by atoms with Crippen molar-refractivity contribution in [2.24, 2.45) is 12.5 Å². The van der Waals surface area contributed by atoms with Crippen LogP contribution in [0.2, 0.25) is 0 Å². The summed E-state index contributed by atoms with van der Waals surface area (Å²) in [5.74, 6) is 0.104. The Morgan fingerprint density at radius 1 is 1.44 bits per heavy atom. The van der Waals surface area contributed by atoms with Gasteiger partial charge in [-0.1, -0.05) is 12.8 Å². The van der Waals surface area contributed by atoms with Gasteiger partial charge in [-0.3, -0.25) is 14.4 Å². The zero-order valence-electron chi connectivity index (χ0n) is 15.5. The van der Waals surface area contributed by atoms with Gasteiger partial charge in [0, 0.05) is 33.4 Å². The third-order valence-corrected chi connectivity index (χ3v) is 5.69. The molecule has 0 radical (unpaired) electrons. The number of likely N-dealkylation sites (N-methyl/N-ethyl adjacent to an activating group) is 1. The maximum Gasteiger partial charge on any atom is 0.228 e. The molecule has 1 amide bonds. The lowest BCUT2D eigenvalue weighted by Gasteiger charge is -2.39. The van der Waals surface area contributed by atoms with E-state index in [1.165, 1.54) is 0 Å². The van der Waals surface area contributed by atoms with Gasteiger partial charge < -0.3 is 14.8 Å². The summed E-state index contributed by atoms with van der Waals surface area (Å²) in [6, 6.07) is 2.11. The molecule has 2 aliphatic rings. The van der Waals surface area contributed by atoms with Crippen molar-refractivity contribution >= 4 is 5.91 Å². The summed E-state index contributed by atoms with van der Waals surface area (Å²) in [7, 11) is 5.71. The van der Waals surface area contributed by atoms with E-state index in [0.717, 1.165) is 37.9 Å². The predicted molar refractivity (Wildman–Crippen MR) is 94.1 cm³/mol. The van der Waals surface area contributed by atoms with Gasteiger partial charge in [0.15, 0.2) is 0 Å². The quantitative estimate of drug-likeness (QED) is 0.833. The minimum atomic E-state index is -0.364. The number of amides is 1. The molecule has 1 saturated heterocycles. The van der Waals surface area contributed by atoms with E-state index < -0.39 is 0 Å². The minimum Gasteiger partial charge on any atom is -0.384 e. The van der Waals surface area contributed by atoms with E-state index in [1.807, 2.05) is 17.8 Å². The number of nitrogens with zero attached hydrogens (tertiary/aromatic N) is 3. The van der Waals surface area contributed by atoms with Gasteiger partial charge in [-0.05, 0) is 26.0 Å². The molecule has 2 fully saturated rings. The molecule has 1 aliphatic carbocycles. The average Bonchev–Trinajstić information content (AvgIpc) is 3.23. The molecule has 0 unspecified atom stereocenters. The highest BCUT2D eigenvalue weighted by Crippen LogP contribution is 2.38. The molecule has 7 nitrogen and oxygen atoms in total. The maximum atomic E-state index is 12.9. The van der Waals surface area contributed by atoms with Gasteiger partial charge >= 0.3 is 0 Å². The van der Waals surface area contributed by atoms with Gasteiger partial charge in [0.25, 0.3) is 0 Å². The van der Waals surface area contributed by atoms with E-state index in [-0.39, 0.29) is 23.5 Å². The maximum absolute atomic E-state index is 12.9. The molecular formula is C18H30N4O3. The van der Waals surface area contributed by atoms with Gasteiger partial charge in [-0.25, -0.2) is 0 Å². The number of aryl methyl sites for hydroxylation is 1. The number of morpholine rings is 1. The fourth-order valence-electron chi connectivity index (χ4n) is 4.27. The molecule has 2 heterocycles. The molecule has 1 N–H and O–H groups in total. The highest BCUT2D eigenvalue weighted by Gasteiger charge is 2.42. The number of methoxy groups -OCH3 is 1. The van der Waals surface area contributed by atoms with Crippen molar-refractivity contribution in [3.05, 3.63) is 18.0 Å². The molecule has 140 valence electrons. The van der Waals surface area contributed by atoms with E-state index in [9.17, 15) is 4.79 Å². The molecule has 0 bridgehead atoms. The molecule has 1 aromatic heterocycles. The van der Waals surface area contributed by atoms with Crippen LogP contribution in [0.3, 0.4) is 0 Å². The van der Waals surface area contributed by atoms with Crippen molar-refractivity contribution in [3.8, 4) is 0 Å². The van der Waals surface area contributed by atoms with Crippen LogP contribution < -0.4 is 5.32 Å². The van der Waals surface area contributed by atoms with E-state index >= 15 is 0 Å². The van der Waals surface area contributed by atoms with Crippen LogP contribution in [0.5, 0.6) is 0 Å². The van der Waals surface area contributed by atoms with Gasteiger partial charge in [-0.15, -0.1) is 0 Å². The van der Waals surface area contributed by atoms with Gasteiger partial charge in [0.2, 0.25) is 5.91 Å². The highest BCUT2D eigenvalue weighted by molar-refractivity contribution is 5.83. The zero-order chi connectivity index (χ0) is 17.9. The number of nitrogens with one attached hydrogen (secondary N) is 1. The number of aromatic nitrogens is 2. The summed E-state index contributed by atoms with van der Waals surface area (Å²) in [6.07, 6.45) is 5.72. The Hall–Kier alpha value is -1.44. The van der Waals surface area contributed by atoms with Crippen LogP contribution in [0.25, 0.3) is 0 Å². The lowest BCUT2D eigenvalue weighted by molar-refractivity contribution is -0.135. The summed E-state index contributed by atoms with van der Waals surface area (Å²) >= 11 is 0. The molecule has 0 spiro atoms. The smallest absolute Gasteiger partial charge is 0.228 e. The Morgan fingerprint density at radius 2 is 2.20 bits per heavy atom. The second-order valence-corrected chi connectivity index (χ2v) is 7.34. The van der Waals surface area contributed by atoms with Crippen LogP contribution in [-0.4, -0.2) is 67.2 Å². The normalized spacial score (nSPS) is 26.7. The second kappa shape index (κ2) is 7.85. The van der Waals surface area contributed by atoms with E-state index in [0.29, 0.717) is 19.8 Å². The summed E-state index contributed by atoms with van der Waals surface area (Å²) in [5.41, 5.74) is 0.742. The third kappa shape index (κ3) is 3.73. The molecule has 0 aromatic carbocycles. The molecule has 1 saturated carbocycles. The first-order valence-corrected chi connectivity index (χ1v) is 9.14. The molecule has 2 atom stereocenters. The minimum absolute atomic E-state index is 0.0842. The Kier molecular flexibility index (Phi) is 5.76. The van der Waals surface area contributed by atoms with Crippen molar-refractivity contribution in [1.29, 1.82) is 0 Å². The van der Waals surface area contributed by atoms with Gasteiger partial charge in [0.05, 0.1) is 36.5 Å². The monoisotopic (exact) mass is 350 g/mol. The van der Waals surface area contributed by atoms with Crippen molar-refractivity contribution < 1.29 is 14.3 Å². The van der Waals surface area contributed by atoms with Crippen LogP contribution >= 0.6 is 0 Å². The first-order chi connectivity index (χ1) is 12.1. The number of rotatable bonds is 6. The Balaban J connectivity index is 1.68. The van der Waals surface area contributed by atoms with Crippen molar-refractivity contribution in [2.45, 2.75) is 37.8 Å². The largest absolute Gasteiger partial charge is 0.384 e. The van der Waals surface area contributed by atoms with Crippen molar-refractivity contribution in [1.82, 2.24) is 20.0 Å².